The first-order chi connectivity index (χ1) is 15.8. The molecule has 4 aromatic rings. The van der Waals surface area contributed by atoms with Crippen molar-refractivity contribution in [3.63, 3.8) is 0 Å². The molecule has 1 fully saturated rings. The summed E-state index contributed by atoms with van der Waals surface area (Å²) >= 11 is 7.87. The number of nitrogens with zero attached hydrogens (tertiary/aromatic N) is 5. The highest BCUT2D eigenvalue weighted by Crippen LogP contribution is 2.36. The van der Waals surface area contributed by atoms with Gasteiger partial charge in [0, 0.05) is 16.4 Å². The fraction of sp³-hybridized carbons (Fsp3) is 0.375. The van der Waals surface area contributed by atoms with Gasteiger partial charge in [-0.15, -0.1) is 16.4 Å². The molecule has 1 saturated carbocycles. The Kier molecular flexibility index (Phi) is 6.67. The second-order valence-electron chi connectivity index (χ2n) is 8.30. The van der Waals surface area contributed by atoms with E-state index in [9.17, 15) is 0 Å². The van der Waals surface area contributed by atoms with Crippen molar-refractivity contribution >= 4 is 22.9 Å². The quantitative estimate of drug-likeness (QED) is 0.305. The predicted molar refractivity (Wildman–Crippen MR) is 126 cm³/mol. The molecule has 32 heavy (non-hydrogen) atoms. The van der Waals surface area contributed by atoms with Crippen LogP contribution in [-0.2, 0) is 13.1 Å². The van der Waals surface area contributed by atoms with Gasteiger partial charge in [-0.05, 0) is 64.5 Å². The summed E-state index contributed by atoms with van der Waals surface area (Å²) in [6, 6.07) is 16.5. The molecule has 1 atom stereocenters. The molecule has 1 aliphatic rings. The predicted octanol–water partition coefficient (Wildman–Crippen LogP) is 6.28. The molecule has 0 unspecified atom stereocenters. The topological polar surface area (TPSA) is 60.0 Å². The van der Waals surface area contributed by atoms with Crippen molar-refractivity contribution in [3.05, 3.63) is 87.2 Å². The smallest absolute Gasteiger partial charge is 0.174 e. The fourth-order valence-electron chi connectivity index (χ4n) is 4.55. The van der Waals surface area contributed by atoms with E-state index in [0.717, 1.165) is 36.0 Å². The highest BCUT2D eigenvalue weighted by Gasteiger charge is 2.32. The Balaban J connectivity index is 1.54. The van der Waals surface area contributed by atoms with Crippen LogP contribution in [-0.4, -0.2) is 25.1 Å². The number of benzene rings is 1. The molecule has 0 spiro atoms. The maximum atomic E-state index is 6.14. The van der Waals surface area contributed by atoms with Gasteiger partial charge in [0.25, 0.3) is 0 Å². The first-order valence-electron chi connectivity index (χ1n) is 11.1. The molecule has 3 heterocycles. The zero-order chi connectivity index (χ0) is 21.8. The van der Waals surface area contributed by atoms with Crippen LogP contribution < -0.4 is 0 Å². The molecule has 5 rings (SSSR count). The second-order valence-corrected chi connectivity index (χ2v) is 9.72. The van der Waals surface area contributed by atoms with Crippen molar-refractivity contribution in [2.24, 2.45) is 0 Å². The summed E-state index contributed by atoms with van der Waals surface area (Å²) in [5.74, 6) is 1.82. The van der Waals surface area contributed by atoms with E-state index in [0.29, 0.717) is 12.6 Å². The molecular formula is C24H26ClN5OS. The van der Waals surface area contributed by atoms with Crippen LogP contribution >= 0.6 is 22.9 Å². The summed E-state index contributed by atoms with van der Waals surface area (Å²) in [4.78, 5) is 3.61. The third-order valence-electron chi connectivity index (χ3n) is 6.10. The van der Waals surface area contributed by atoms with Crippen molar-refractivity contribution in [1.29, 1.82) is 0 Å². The Labute approximate surface area is 196 Å². The van der Waals surface area contributed by atoms with E-state index in [1.807, 2.05) is 24.3 Å². The third kappa shape index (κ3) is 4.80. The average molecular weight is 468 g/mol. The molecule has 0 radical (unpaired) electrons. The SMILES string of the molecule is Clc1ccc(CN(Cc2ccco2)[C@@H](c2cccs2)c2nnnn2C2CCCCC2)cc1. The van der Waals surface area contributed by atoms with E-state index in [2.05, 4.69) is 54.8 Å². The maximum absolute atomic E-state index is 6.14. The zero-order valence-electron chi connectivity index (χ0n) is 17.8. The number of rotatable bonds is 8. The summed E-state index contributed by atoms with van der Waals surface area (Å²) in [7, 11) is 0. The number of halogens is 1. The van der Waals surface area contributed by atoms with E-state index >= 15 is 0 Å². The molecule has 0 aliphatic heterocycles. The molecule has 3 aromatic heterocycles. The van der Waals surface area contributed by atoms with Crippen LogP contribution in [0.1, 0.15) is 66.2 Å². The summed E-state index contributed by atoms with van der Waals surface area (Å²) in [5, 5.41) is 16.0. The average Bonchev–Trinajstić information content (AvgIpc) is 3.60. The standard InChI is InChI=1S/C24H26ClN5OS/c25-19-12-10-18(11-13-19)16-29(17-21-8-4-14-31-21)23(22-9-5-15-32-22)24-26-27-28-30(24)20-6-2-1-3-7-20/h4-5,8-15,20,23H,1-3,6-7,16-17H2/t23-/m0/s1. The van der Waals surface area contributed by atoms with Crippen LogP contribution in [0.2, 0.25) is 5.02 Å². The molecule has 0 N–H and O–H groups in total. The Morgan fingerprint density at radius 2 is 1.91 bits per heavy atom. The first kappa shape index (κ1) is 21.4. The summed E-state index contributed by atoms with van der Waals surface area (Å²) in [6.07, 6.45) is 7.74. The minimum Gasteiger partial charge on any atom is -0.468 e. The second kappa shape index (κ2) is 9.98. The van der Waals surface area contributed by atoms with E-state index in [4.69, 9.17) is 16.0 Å². The normalized spacial score (nSPS) is 15.9. The number of hydrogen-bond acceptors (Lipinski definition) is 6. The van der Waals surface area contributed by atoms with Gasteiger partial charge in [-0.1, -0.05) is 49.1 Å². The van der Waals surface area contributed by atoms with E-state index in [1.165, 1.54) is 29.7 Å². The van der Waals surface area contributed by atoms with Crippen molar-refractivity contribution < 1.29 is 4.42 Å². The van der Waals surface area contributed by atoms with Gasteiger partial charge in [0.2, 0.25) is 0 Å². The molecule has 0 bridgehead atoms. The monoisotopic (exact) mass is 467 g/mol. The summed E-state index contributed by atoms with van der Waals surface area (Å²) in [6.45, 7) is 1.37. The largest absolute Gasteiger partial charge is 0.468 e. The fourth-order valence-corrected chi connectivity index (χ4v) is 5.53. The van der Waals surface area contributed by atoms with Crippen LogP contribution in [0.25, 0.3) is 0 Å². The van der Waals surface area contributed by atoms with Gasteiger partial charge in [-0.3, -0.25) is 4.90 Å². The van der Waals surface area contributed by atoms with Gasteiger partial charge in [-0.2, -0.15) is 0 Å². The number of hydrogen-bond donors (Lipinski definition) is 0. The molecule has 166 valence electrons. The lowest BCUT2D eigenvalue weighted by Crippen LogP contribution is -2.32. The van der Waals surface area contributed by atoms with Crippen LogP contribution in [0.15, 0.2) is 64.6 Å². The van der Waals surface area contributed by atoms with Crippen molar-refractivity contribution in [2.45, 2.75) is 57.3 Å². The first-order valence-corrected chi connectivity index (χ1v) is 12.4. The third-order valence-corrected chi connectivity index (χ3v) is 7.28. The lowest BCUT2D eigenvalue weighted by atomic mass is 9.95. The van der Waals surface area contributed by atoms with Gasteiger partial charge in [0.05, 0.1) is 18.8 Å². The van der Waals surface area contributed by atoms with Crippen LogP contribution in [0.4, 0.5) is 0 Å². The molecular weight excluding hydrogens is 442 g/mol. The van der Waals surface area contributed by atoms with Crippen molar-refractivity contribution in [1.82, 2.24) is 25.1 Å². The van der Waals surface area contributed by atoms with Crippen molar-refractivity contribution in [3.8, 4) is 0 Å². The lowest BCUT2D eigenvalue weighted by molar-refractivity contribution is 0.176. The minimum absolute atomic E-state index is 0.0762. The summed E-state index contributed by atoms with van der Waals surface area (Å²) < 4.78 is 7.82. The molecule has 1 aliphatic carbocycles. The van der Waals surface area contributed by atoms with Crippen LogP contribution in [0.3, 0.4) is 0 Å². The molecule has 0 amide bonds. The van der Waals surface area contributed by atoms with Crippen LogP contribution in [0.5, 0.6) is 0 Å². The number of aromatic nitrogens is 4. The van der Waals surface area contributed by atoms with Gasteiger partial charge in [0.15, 0.2) is 5.82 Å². The number of thiophene rings is 1. The van der Waals surface area contributed by atoms with Crippen LogP contribution in [0, 0.1) is 0 Å². The zero-order valence-corrected chi connectivity index (χ0v) is 19.4. The van der Waals surface area contributed by atoms with E-state index in [1.54, 1.807) is 17.6 Å². The number of furan rings is 1. The molecule has 1 aromatic carbocycles. The van der Waals surface area contributed by atoms with Gasteiger partial charge >= 0.3 is 0 Å². The molecule has 0 saturated heterocycles. The lowest BCUT2D eigenvalue weighted by Gasteiger charge is -2.31. The van der Waals surface area contributed by atoms with Gasteiger partial charge in [0.1, 0.15) is 11.8 Å². The Bertz CT molecular complexity index is 1090. The van der Waals surface area contributed by atoms with Gasteiger partial charge in [-0.25, -0.2) is 4.68 Å². The summed E-state index contributed by atoms with van der Waals surface area (Å²) in [5.41, 5.74) is 1.18. The maximum Gasteiger partial charge on any atom is 0.174 e. The highest BCUT2D eigenvalue weighted by atomic mass is 35.5. The Morgan fingerprint density at radius 3 is 2.62 bits per heavy atom. The Hall–Kier alpha value is -2.48. The molecule has 6 nitrogen and oxygen atoms in total. The van der Waals surface area contributed by atoms with Crippen molar-refractivity contribution in [2.75, 3.05) is 0 Å². The molecule has 8 heteroatoms. The highest BCUT2D eigenvalue weighted by molar-refractivity contribution is 7.10. The van der Waals surface area contributed by atoms with E-state index < -0.39 is 0 Å². The Morgan fingerprint density at radius 1 is 1.06 bits per heavy atom. The van der Waals surface area contributed by atoms with E-state index in [-0.39, 0.29) is 6.04 Å². The van der Waals surface area contributed by atoms with Gasteiger partial charge < -0.3 is 4.42 Å². The number of tetrazole rings is 1. The minimum atomic E-state index is -0.0762.